The summed E-state index contributed by atoms with van der Waals surface area (Å²) in [4.78, 5) is 28.6. The maximum atomic E-state index is 13.1. The van der Waals surface area contributed by atoms with E-state index >= 15 is 0 Å². The van der Waals surface area contributed by atoms with E-state index in [9.17, 15) is 9.59 Å². The van der Waals surface area contributed by atoms with Crippen LogP contribution in [0.4, 0.5) is 5.69 Å². The number of ether oxygens (including phenoxy) is 1. The maximum Gasteiger partial charge on any atom is 0.263 e. The first-order chi connectivity index (χ1) is 11.3. The molecule has 24 heavy (non-hydrogen) atoms. The molecule has 6 nitrogen and oxygen atoms in total. The van der Waals surface area contributed by atoms with Crippen molar-refractivity contribution in [3.05, 3.63) is 35.5 Å². The van der Waals surface area contributed by atoms with Crippen molar-refractivity contribution in [1.29, 1.82) is 0 Å². The molecule has 0 aliphatic carbocycles. The minimum atomic E-state index is -0.395. The van der Waals surface area contributed by atoms with Gasteiger partial charge < -0.3 is 20.3 Å². The molecule has 0 aliphatic heterocycles. The number of hydrogen-bond donors (Lipinski definition) is 1. The number of allylic oxidation sites excluding steroid dienone is 1. The van der Waals surface area contributed by atoms with Crippen LogP contribution in [0.1, 0.15) is 20.3 Å². The predicted octanol–water partition coefficient (Wildman–Crippen LogP) is 1.80. The van der Waals surface area contributed by atoms with Gasteiger partial charge in [-0.05, 0) is 39.6 Å². The summed E-state index contributed by atoms with van der Waals surface area (Å²) >= 11 is 0. The molecule has 0 saturated heterocycles. The predicted molar refractivity (Wildman–Crippen MR) is 96.1 cm³/mol. The lowest BCUT2D eigenvalue weighted by Crippen LogP contribution is -2.40. The molecule has 1 aromatic rings. The van der Waals surface area contributed by atoms with Gasteiger partial charge in [0.05, 0.1) is 12.8 Å². The van der Waals surface area contributed by atoms with Crippen molar-refractivity contribution in [2.24, 2.45) is 5.73 Å². The quantitative estimate of drug-likeness (QED) is 0.446. The number of likely N-dealkylation sites (N-methyl/N-ethyl adjacent to an activating group) is 1. The largest absolute Gasteiger partial charge is 0.495 e. The Morgan fingerprint density at radius 3 is 2.29 bits per heavy atom. The van der Waals surface area contributed by atoms with Gasteiger partial charge in [-0.15, -0.1) is 0 Å². The number of carbonyl (C=O) groups excluding carboxylic acids is 2. The van der Waals surface area contributed by atoms with Crippen molar-refractivity contribution in [3.8, 4) is 5.75 Å². The van der Waals surface area contributed by atoms with Gasteiger partial charge in [0.25, 0.3) is 5.91 Å². The molecule has 0 unspecified atom stereocenters. The number of carbonyl (C=O) groups is 2. The zero-order valence-electron chi connectivity index (χ0n) is 15.1. The number of amides is 1. The Morgan fingerprint density at radius 1 is 1.17 bits per heavy atom. The highest BCUT2D eigenvalue weighted by atomic mass is 16.5. The van der Waals surface area contributed by atoms with Crippen molar-refractivity contribution in [1.82, 2.24) is 4.90 Å². The fourth-order valence-corrected chi connectivity index (χ4v) is 2.31. The van der Waals surface area contributed by atoms with Crippen molar-refractivity contribution in [3.63, 3.8) is 0 Å². The third-order valence-corrected chi connectivity index (χ3v) is 3.66. The van der Waals surface area contributed by atoms with Crippen molar-refractivity contribution in [2.75, 3.05) is 39.2 Å². The van der Waals surface area contributed by atoms with Crippen LogP contribution < -0.4 is 15.4 Å². The van der Waals surface area contributed by atoms with E-state index in [1.807, 2.05) is 38.1 Å². The molecule has 0 fully saturated rings. The van der Waals surface area contributed by atoms with E-state index in [1.165, 1.54) is 6.92 Å². The summed E-state index contributed by atoms with van der Waals surface area (Å²) in [5, 5.41) is 0. The molecule has 0 radical (unpaired) electrons. The van der Waals surface area contributed by atoms with Gasteiger partial charge in [0, 0.05) is 18.8 Å². The average Bonchev–Trinajstić information content (AvgIpc) is 2.54. The summed E-state index contributed by atoms with van der Waals surface area (Å²) in [5.74, 6) is -0.153. The summed E-state index contributed by atoms with van der Waals surface area (Å²) < 4.78 is 5.37. The van der Waals surface area contributed by atoms with Gasteiger partial charge in [0.2, 0.25) is 0 Å². The lowest BCUT2D eigenvalue weighted by Gasteiger charge is -2.27. The summed E-state index contributed by atoms with van der Waals surface area (Å²) in [7, 11) is 5.40. The van der Waals surface area contributed by atoms with Gasteiger partial charge in [-0.25, -0.2) is 0 Å². The third kappa shape index (κ3) is 4.83. The van der Waals surface area contributed by atoms with Crippen LogP contribution in [0, 0.1) is 0 Å². The Balaban J connectivity index is 3.37. The number of Topliss-reactive ketones (excluding diaryl/α,β-unsaturated/α-hetero) is 1. The molecule has 1 rings (SSSR count). The highest BCUT2D eigenvalue weighted by molar-refractivity contribution is 6.24. The summed E-state index contributed by atoms with van der Waals surface area (Å²) in [6.07, 6.45) is 0.439. The molecule has 1 amide bonds. The number of methoxy groups -OCH3 is 1. The number of rotatable bonds is 8. The van der Waals surface area contributed by atoms with Crippen LogP contribution in [0.3, 0.4) is 0 Å². The number of nitrogens with two attached hydrogens (primary N) is 1. The molecule has 0 spiro atoms. The van der Waals surface area contributed by atoms with E-state index in [0.29, 0.717) is 36.6 Å². The number of anilines is 1. The Bertz CT molecular complexity index is 624. The van der Waals surface area contributed by atoms with E-state index in [0.717, 1.165) is 0 Å². The summed E-state index contributed by atoms with van der Waals surface area (Å²) in [6, 6.07) is 7.24. The van der Waals surface area contributed by atoms with Crippen LogP contribution in [-0.4, -0.2) is 50.9 Å². The standard InChI is InChI=1S/C18H27N3O3/c1-6-14(19)17(13(2)22)18(23)21(12-11-20(3)4)15-9-7-8-10-16(15)24-5/h7-10H,6,11-12,19H2,1-5H3/b17-14-. The molecule has 6 heteroatoms. The van der Waals surface area contributed by atoms with Gasteiger partial charge >= 0.3 is 0 Å². The number of ketones is 1. The Labute approximate surface area is 143 Å². The molecule has 0 aliphatic rings. The Morgan fingerprint density at radius 2 is 1.79 bits per heavy atom. The SMILES string of the molecule is CC/C(N)=C(\C(C)=O)C(=O)N(CCN(C)C)c1ccccc1OC. The number of benzene rings is 1. The van der Waals surface area contributed by atoms with Crippen LogP contribution in [0.5, 0.6) is 5.75 Å². The second kappa shape index (κ2) is 9.08. The van der Waals surface area contributed by atoms with Crippen molar-refractivity contribution < 1.29 is 14.3 Å². The lowest BCUT2D eigenvalue weighted by molar-refractivity contribution is -0.120. The molecule has 0 bridgehead atoms. The molecule has 0 aromatic heterocycles. The Kier molecular flexibility index (Phi) is 7.45. The lowest BCUT2D eigenvalue weighted by atomic mass is 10.1. The fourth-order valence-electron chi connectivity index (χ4n) is 2.31. The van der Waals surface area contributed by atoms with Gasteiger partial charge in [0.15, 0.2) is 5.78 Å². The van der Waals surface area contributed by atoms with E-state index in [-0.39, 0.29) is 11.4 Å². The minimum Gasteiger partial charge on any atom is -0.495 e. The molecular formula is C18H27N3O3. The monoisotopic (exact) mass is 333 g/mol. The van der Waals surface area contributed by atoms with E-state index in [1.54, 1.807) is 24.1 Å². The van der Waals surface area contributed by atoms with Gasteiger partial charge in [-0.3, -0.25) is 9.59 Å². The highest BCUT2D eigenvalue weighted by Crippen LogP contribution is 2.29. The van der Waals surface area contributed by atoms with Gasteiger partial charge in [0.1, 0.15) is 11.3 Å². The molecule has 132 valence electrons. The van der Waals surface area contributed by atoms with Crippen LogP contribution in [0.15, 0.2) is 35.5 Å². The summed E-state index contributed by atoms with van der Waals surface area (Å²) in [5.41, 5.74) is 6.90. The van der Waals surface area contributed by atoms with Crippen LogP contribution in [0.25, 0.3) is 0 Å². The first-order valence-corrected chi connectivity index (χ1v) is 7.92. The average molecular weight is 333 g/mol. The molecule has 0 heterocycles. The Hall–Kier alpha value is -2.34. The fraction of sp³-hybridized carbons (Fsp3) is 0.444. The normalized spacial score (nSPS) is 11.9. The molecule has 0 saturated carbocycles. The highest BCUT2D eigenvalue weighted by Gasteiger charge is 2.26. The first kappa shape index (κ1) is 19.7. The van der Waals surface area contributed by atoms with Crippen molar-refractivity contribution >= 4 is 17.4 Å². The molecule has 1 aromatic carbocycles. The number of nitrogens with zero attached hydrogens (tertiary/aromatic N) is 2. The molecule has 2 N–H and O–H groups in total. The topological polar surface area (TPSA) is 75.9 Å². The third-order valence-electron chi connectivity index (χ3n) is 3.66. The zero-order valence-corrected chi connectivity index (χ0v) is 15.1. The minimum absolute atomic E-state index is 0.0437. The maximum absolute atomic E-state index is 13.1. The van der Waals surface area contributed by atoms with E-state index < -0.39 is 5.91 Å². The van der Waals surface area contributed by atoms with Gasteiger partial charge in [-0.1, -0.05) is 19.1 Å². The smallest absolute Gasteiger partial charge is 0.263 e. The van der Waals surface area contributed by atoms with Gasteiger partial charge in [-0.2, -0.15) is 0 Å². The van der Waals surface area contributed by atoms with E-state index in [2.05, 4.69) is 0 Å². The van der Waals surface area contributed by atoms with Crippen LogP contribution in [-0.2, 0) is 9.59 Å². The van der Waals surface area contributed by atoms with Crippen LogP contribution >= 0.6 is 0 Å². The van der Waals surface area contributed by atoms with Crippen LogP contribution in [0.2, 0.25) is 0 Å². The molecular weight excluding hydrogens is 306 g/mol. The molecule has 0 atom stereocenters. The number of para-hydroxylation sites is 2. The summed E-state index contributed by atoms with van der Waals surface area (Å²) in [6.45, 7) is 4.24. The zero-order chi connectivity index (χ0) is 18.3. The van der Waals surface area contributed by atoms with Crippen molar-refractivity contribution in [2.45, 2.75) is 20.3 Å². The number of hydrogen-bond acceptors (Lipinski definition) is 5. The second-order valence-corrected chi connectivity index (χ2v) is 5.74. The van der Waals surface area contributed by atoms with E-state index in [4.69, 9.17) is 10.5 Å². The first-order valence-electron chi connectivity index (χ1n) is 7.92. The second-order valence-electron chi connectivity index (χ2n) is 5.74.